The van der Waals surface area contributed by atoms with Gasteiger partial charge in [0.1, 0.15) is 0 Å². The van der Waals surface area contributed by atoms with Crippen molar-refractivity contribution in [3.63, 3.8) is 0 Å². The van der Waals surface area contributed by atoms with Crippen LogP contribution in [0, 0.1) is 12.3 Å². The maximum atomic E-state index is 7.42. The van der Waals surface area contributed by atoms with Gasteiger partial charge < -0.3 is 0 Å². The van der Waals surface area contributed by atoms with Crippen molar-refractivity contribution in [2.75, 3.05) is 0 Å². The monoisotopic (exact) mass is 227 g/mol. The van der Waals surface area contributed by atoms with Gasteiger partial charge in [0.15, 0.2) is 0 Å². The first kappa shape index (κ1) is 13.8. The number of hydrogen-bond acceptors (Lipinski definition) is 0. The molecule has 0 aliphatic carbocycles. The van der Waals surface area contributed by atoms with Crippen LogP contribution in [0.5, 0.6) is 0 Å². The summed E-state index contributed by atoms with van der Waals surface area (Å²) in [5, 5.41) is 0. The second-order valence-corrected chi connectivity index (χ2v) is 5.01. The summed E-state index contributed by atoms with van der Waals surface area (Å²) in [5.41, 5.74) is 2.60. The van der Waals surface area contributed by atoms with E-state index < -0.39 is 0 Å². The molecular formula is C17H23. The third kappa shape index (κ3) is 4.27. The van der Waals surface area contributed by atoms with Crippen LogP contribution in [0.4, 0.5) is 0 Å². The zero-order valence-corrected chi connectivity index (χ0v) is 11.3. The Kier molecular flexibility index (Phi) is 5.84. The van der Waals surface area contributed by atoms with Gasteiger partial charge in [-0.05, 0) is 29.9 Å². The summed E-state index contributed by atoms with van der Waals surface area (Å²) in [6, 6.07) is 8.69. The maximum Gasteiger partial charge on any atom is 0.0462 e. The summed E-state index contributed by atoms with van der Waals surface area (Å²) >= 11 is 0. The molecule has 0 spiro atoms. The molecule has 1 aromatic carbocycles. The van der Waals surface area contributed by atoms with E-state index in [0.29, 0.717) is 5.92 Å². The normalized spacial score (nSPS) is 12.4. The van der Waals surface area contributed by atoms with E-state index in [0.717, 1.165) is 6.42 Å². The standard InChI is InChI=1S/C17H23/c1-5-7-8-9-15(6-2)17-12-10-16(11-13-17)14(3)4/h10-15H,5,7-9H2,1,3-4H3. The van der Waals surface area contributed by atoms with E-state index in [-0.39, 0.29) is 5.92 Å². The maximum absolute atomic E-state index is 7.42. The predicted molar refractivity (Wildman–Crippen MR) is 74.5 cm³/mol. The van der Waals surface area contributed by atoms with Crippen LogP contribution in [-0.4, -0.2) is 0 Å². The van der Waals surface area contributed by atoms with Crippen molar-refractivity contribution in [2.45, 2.75) is 58.3 Å². The summed E-state index contributed by atoms with van der Waals surface area (Å²) in [6.45, 7) is 6.62. The van der Waals surface area contributed by atoms with E-state index >= 15 is 0 Å². The van der Waals surface area contributed by atoms with Crippen molar-refractivity contribution >= 4 is 0 Å². The molecule has 0 nitrogen and oxygen atoms in total. The number of hydrogen-bond donors (Lipinski definition) is 0. The molecule has 1 atom stereocenters. The Bertz CT molecular complexity index is 351. The average molecular weight is 227 g/mol. The van der Waals surface area contributed by atoms with Crippen molar-refractivity contribution < 1.29 is 0 Å². The predicted octanol–water partition coefficient (Wildman–Crippen LogP) is 5.06. The average Bonchev–Trinajstić information content (AvgIpc) is 2.35. The van der Waals surface area contributed by atoms with Crippen LogP contribution in [0.1, 0.15) is 69.4 Å². The molecule has 0 heterocycles. The molecule has 1 aromatic rings. The zero-order valence-electron chi connectivity index (χ0n) is 11.3. The first-order valence-electron chi connectivity index (χ1n) is 6.71. The first-order valence-corrected chi connectivity index (χ1v) is 6.71. The number of rotatable bonds is 6. The minimum atomic E-state index is 0.183. The van der Waals surface area contributed by atoms with Crippen molar-refractivity contribution in [3.05, 3.63) is 41.8 Å². The van der Waals surface area contributed by atoms with Crippen molar-refractivity contribution in [1.82, 2.24) is 0 Å². The molecule has 17 heavy (non-hydrogen) atoms. The molecule has 1 radical (unpaired) electrons. The van der Waals surface area contributed by atoms with Gasteiger partial charge in [0.25, 0.3) is 0 Å². The minimum Gasteiger partial charge on any atom is -0.0809 e. The molecule has 0 bridgehead atoms. The van der Waals surface area contributed by atoms with Crippen LogP contribution >= 0.6 is 0 Å². The summed E-state index contributed by atoms with van der Waals surface area (Å²) in [7, 11) is 0. The Labute approximate surface area is 106 Å². The second kappa shape index (κ2) is 7.17. The lowest BCUT2D eigenvalue weighted by atomic mass is 9.92. The molecule has 0 saturated heterocycles. The number of unbranched alkanes of at least 4 members (excludes halogenated alkanes) is 2. The highest BCUT2D eigenvalue weighted by Crippen LogP contribution is 2.24. The Morgan fingerprint density at radius 1 is 1.06 bits per heavy atom. The lowest BCUT2D eigenvalue weighted by Crippen LogP contribution is -1.97. The van der Waals surface area contributed by atoms with E-state index in [9.17, 15) is 0 Å². The highest BCUT2D eigenvalue weighted by molar-refractivity contribution is 5.30. The van der Waals surface area contributed by atoms with Crippen LogP contribution in [0.15, 0.2) is 24.3 Å². The summed E-state index contributed by atoms with van der Waals surface area (Å²) in [5.74, 6) is 3.43. The summed E-state index contributed by atoms with van der Waals surface area (Å²) in [6.07, 6.45) is 12.2. The fourth-order valence-electron chi connectivity index (χ4n) is 2.03. The van der Waals surface area contributed by atoms with Gasteiger partial charge >= 0.3 is 0 Å². The Hall–Kier alpha value is -1.22. The van der Waals surface area contributed by atoms with Crippen molar-refractivity contribution in [1.29, 1.82) is 0 Å². The number of benzene rings is 1. The molecule has 1 rings (SSSR count). The van der Waals surface area contributed by atoms with Gasteiger partial charge in [-0.1, -0.05) is 70.2 Å². The third-order valence-electron chi connectivity index (χ3n) is 3.28. The van der Waals surface area contributed by atoms with Gasteiger partial charge in [0, 0.05) is 5.92 Å². The molecule has 0 aromatic heterocycles. The fraction of sp³-hybridized carbons (Fsp3) is 0.529. The quantitative estimate of drug-likeness (QED) is 0.470. The van der Waals surface area contributed by atoms with Gasteiger partial charge in [-0.15, -0.1) is 0 Å². The molecule has 0 N–H and O–H groups in total. The molecule has 0 fully saturated rings. The molecule has 0 aliphatic heterocycles. The van der Waals surface area contributed by atoms with Gasteiger partial charge in [0.2, 0.25) is 0 Å². The van der Waals surface area contributed by atoms with Crippen LogP contribution in [0.3, 0.4) is 0 Å². The van der Waals surface area contributed by atoms with Crippen LogP contribution in [0.25, 0.3) is 0 Å². The van der Waals surface area contributed by atoms with Crippen LogP contribution < -0.4 is 0 Å². The molecule has 0 heteroatoms. The molecule has 91 valence electrons. The third-order valence-corrected chi connectivity index (χ3v) is 3.28. The van der Waals surface area contributed by atoms with E-state index in [1.54, 1.807) is 0 Å². The van der Waals surface area contributed by atoms with E-state index in [2.05, 4.69) is 51.0 Å². The molecule has 0 saturated carbocycles. The Balaban J connectivity index is 2.66. The van der Waals surface area contributed by atoms with Gasteiger partial charge in [0.05, 0.1) is 0 Å². The second-order valence-electron chi connectivity index (χ2n) is 5.01. The van der Waals surface area contributed by atoms with Crippen molar-refractivity contribution in [3.8, 4) is 5.92 Å². The summed E-state index contributed by atoms with van der Waals surface area (Å²) < 4.78 is 0. The molecule has 0 amide bonds. The fourth-order valence-corrected chi connectivity index (χ4v) is 2.03. The van der Waals surface area contributed by atoms with E-state index in [1.807, 2.05) is 0 Å². The highest BCUT2D eigenvalue weighted by atomic mass is 14.1. The van der Waals surface area contributed by atoms with Crippen LogP contribution in [-0.2, 0) is 0 Å². The van der Waals surface area contributed by atoms with Crippen molar-refractivity contribution in [2.24, 2.45) is 0 Å². The molecule has 1 unspecified atom stereocenters. The Morgan fingerprint density at radius 3 is 2.12 bits per heavy atom. The highest BCUT2D eigenvalue weighted by Gasteiger charge is 2.08. The lowest BCUT2D eigenvalue weighted by molar-refractivity contribution is 0.637. The zero-order chi connectivity index (χ0) is 12.7. The molecule has 0 aliphatic rings. The van der Waals surface area contributed by atoms with Gasteiger partial charge in [-0.25, -0.2) is 0 Å². The van der Waals surface area contributed by atoms with Gasteiger partial charge in [-0.3, -0.25) is 0 Å². The van der Waals surface area contributed by atoms with E-state index in [4.69, 9.17) is 6.42 Å². The largest absolute Gasteiger partial charge is 0.0809 e. The van der Waals surface area contributed by atoms with E-state index in [1.165, 1.54) is 30.4 Å². The summed E-state index contributed by atoms with van der Waals surface area (Å²) in [4.78, 5) is 0. The lowest BCUT2D eigenvalue weighted by Gasteiger charge is -2.12. The minimum absolute atomic E-state index is 0.183. The SMILES string of the molecule is [C]#CC(CCCCC)c1ccc(C(C)C)cc1. The first-order chi connectivity index (χ1) is 8.19. The van der Waals surface area contributed by atoms with Gasteiger partial charge in [-0.2, -0.15) is 0 Å². The smallest absolute Gasteiger partial charge is 0.0462 e. The topological polar surface area (TPSA) is 0 Å². The van der Waals surface area contributed by atoms with Crippen LogP contribution in [0.2, 0.25) is 0 Å². The Morgan fingerprint density at radius 2 is 1.65 bits per heavy atom. The molecular weight excluding hydrogens is 204 g/mol.